The van der Waals surface area contributed by atoms with Gasteiger partial charge in [-0.3, -0.25) is 10.1 Å². The number of alkyl halides is 1. The van der Waals surface area contributed by atoms with Crippen molar-refractivity contribution in [2.24, 2.45) is 5.41 Å². The van der Waals surface area contributed by atoms with Crippen LogP contribution in [0, 0.1) is 15.5 Å². The standard InChI is InChI=1S/C35H39FN8O5/c1-33(2,3)49-32(45)42-25(14-37-21-34-18-35(36,19-34)20-34)11-23-8-7-22(10-29(23)42)16-41-17-28(39-40-41)26-12-24(44(46)47)13-30-27(26)15-38-43(30)31-6-4-5-9-48-31/h7-8,10-13,15,17,31,37H,4-6,9,14,16,18-21H2,1-3H3. The van der Waals surface area contributed by atoms with Crippen LogP contribution in [0.25, 0.3) is 33.1 Å². The van der Waals surface area contributed by atoms with Gasteiger partial charge < -0.3 is 14.8 Å². The van der Waals surface area contributed by atoms with Gasteiger partial charge in [0.1, 0.15) is 17.0 Å². The van der Waals surface area contributed by atoms with Crippen LogP contribution >= 0.6 is 0 Å². The summed E-state index contributed by atoms with van der Waals surface area (Å²) in [4.78, 5) is 25.0. The number of ether oxygens (including phenoxy) is 2. The quantitative estimate of drug-likeness (QED) is 0.134. The Kier molecular flexibility index (Phi) is 7.37. The monoisotopic (exact) mass is 670 g/mol. The Morgan fingerprint density at radius 2 is 1.98 bits per heavy atom. The van der Waals surface area contributed by atoms with E-state index in [1.54, 1.807) is 26.3 Å². The smallest absolute Gasteiger partial charge is 0.419 e. The number of carbonyl (C=O) groups excluding carboxylic acids is 1. The van der Waals surface area contributed by atoms with E-state index in [1.165, 1.54) is 12.1 Å². The highest BCUT2D eigenvalue weighted by Crippen LogP contribution is 2.69. The minimum Gasteiger partial charge on any atom is -0.443 e. The van der Waals surface area contributed by atoms with Gasteiger partial charge in [0.25, 0.3) is 5.69 Å². The molecule has 1 atom stereocenters. The molecule has 1 unspecified atom stereocenters. The maximum atomic E-state index is 14.1. The molecule has 2 aromatic carbocycles. The second-order valence-corrected chi connectivity index (χ2v) is 15.0. The van der Waals surface area contributed by atoms with E-state index in [9.17, 15) is 19.3 Å². The molecule has 0 spiro atoms. The number of benzene rings is 2. The van der Waals surface area contributed by atoms with Crippen LogP contribution in [0.4, 0.5) is 14.9 Å². The zero-order chi connectivity index (χ0) is 34.1. The van der Waals surface area contributed by atoms with E-state index in [0.717, 1.165) is 41.3 Å². The van der Waals surface area contributed by atoms with Crippen molar-refractivity contribution in [3.05, 3.63) is 70.2 Å². The van der Waals surface area contributed by atoms with Crippen LogP contribution in [0.5, 0.6) is 0 Å². The molecule has 4 heterocycles. The first kappa shape index (κ1) is 31.6. The van der Waals surface area contributed by atoms with Gasteiger partial charge in [0.2, 0.25) is 0 Å². The SMILES string of the molecule is CC(C)(C)OC(=O)n1c(CNCC23CC(F)(C2)C3)cc2ccc(Cn3cc(-c4cc([N+](=O)[O-])cc5c4cnn5C4CCCCO4)nn3)cc21. The summed E-state index contributed by atoms with van der Waals surface area (Å²) in [6, 6.07) is 10.9. The van der Waals surface area contributed by atoms with Gasteiger partial charge in [0.15, 0.2) is 6.23 Å². The predicted molar refractivity (Wildman–Crippen MR) is 179 cm³/mol. The highest BCUT2D eigenvalue weighted by Gasteiger charge is 2.68. The molecule has 0 radical (unpaired) electrons. The lowest BCUT2D eigenvalue weighted by molar-refractivity contribution is -0.384. The Bertz CT molecular complexity index is 2080. The van der Waals surface area contributed by atoms with Gasteiger partial charge in [0, 0.05) is 53.9 Å². The lowest BCUT2D eigenvalue weighted by Crippen LogP contribution is -2.67. The zero-order valence-corrected chi connectivity index (χ0v) is 27.8. The van der Waals surface area contributed by atoms with Crippen LogP contribution in [0.1, 0.15) is 76.8 Å². The molecule has 14 heteroatoms. The molecule has 49 heavy (non-hydrogen) atoms. The summed E-state index contributed by atoms with van der Waals surface area (Å²) in [6.45, 7) is 7.62. The zero-order valence-electron chi connectivity index (χ0n) is 27.8. The van der Waals surface area contributed by atoms with E-state index in [2.05, 4.69) is 20.7 Å². The maximum absolute atomic E-state index is 14.1. The van der Waals surface area contributed by atoms with Gasteiger partial charge in [-0.25, -0.2) is 23.1 Å². The number of fused-ring (bicyclic) bond motifs is 2. The summed E-state index contributed by atoms with van der Waals surface area (Å²) in [5, 5.41) is 30.3. The van der Waals surface area contributed by atoms with Crippen LogP contribution in [-0.2, 0) is 22.6 Å². The van der Waals surface area contributed by atoms with Gasteiger partial charge in [-0.15, -0.1) is 5.10 Å². The van der Waals surface area contributed by atoms with Gasteiger partial charge >= 0.3 is 6.09 Å². The van der Waals surface area contributed by atoms with Crippen molar-refractivity contribution < 1.29 is 23.6 Å². The molecule has 4 aliphatic rings. The molecule has 2 bridgehead atoms. The number of hydrogen-bond acceptors (Lipinski definition) is 9. The minimum atomic E-state index is -0.952. The fourth-order valence-electron chi connectivity index (χ4n) is 7.84. The number of aromatic nitrogens is 6. The average molecular weight is 671 g/mol. The van der Waals surface area contributed by atoms with Gasteiger partial charge in [0.05, 0.1) is 34.9 Å². The number of halogens is 1. The van der Waals surface area contributed by atoms with Crippen LogP contribution < -0.4 is 5.32 Å². The van der Waals surface area contributed by atoms with Crippen molar-refractivity contribution in [3.8, 4) is 11.3 Å². The van der Waals surface area contributed by atoms with Crippen molar-refractivity contribution in [1.29, 1.82) is 0 Å². The molecule has 1 saturated heterocycles. The summed E-state index contributed by atoms with van der Waals surface area (Å²) < 4.78 is 30.8. The van der Waals surface area contributed by atoms with E-state index in [1.807, 2.05) is 45.0 Å². The van der Waals surface area contributed by atoms with Crippen molar-refractivity contribution in [1.82, 2.24) is 34.7 Å². The first-order valence-corrected chi connectivity index (χ1v) is 16.8. The largest absolute Gasteiger partial charge is 0.443 e. The number of hydrogen-bond donors (Lipinski definition) is 1. The fraction of sp³-hybridized carbons (Fsp3) is 0.486. The topological polar surface area (TPSA) is 144 Å². The molecule has 0 amide bonds. The van der Waals surface area contributed by atoms with E-state index >= 15 is 0 Å². The molecule has 13 nitrogen and oxygen atoms in total. The Morgan fingerprint density at radius 3 is 2.69 bits per heavy atom. The summed E-state index contributed by atoms with van der Waals surface area (Å²) in [7, 11) is 0. The number of nitrogens with zero attached hydrogens (tertiary/aromatic N) is 7. The molecular formula is C35H39FN8O5. The van der Waals surface area contributed by atoms with Crippen LogP contribution in [-0.4, -0.2) is 64.8 Å². The van der Waals surface area contributed by atoms with Crippen LogP contribution in [0.3, 0.4) is 0 Å². The van der Waals surface area contributed by atoms with E-state index in [0.29, 0.717) is 67.8 Å². The highest BCUT2D eigenvalue weighted by atomic mass is 19.1. The van der Waals surface area contributed by atoms with E-state index < -0.39 is 22.3 Å². The average Bonchev–Trinajstić information content (AvgIpc) is 3.75. The highest BCUT2D eigenvalue weighted by molar-refractivity contribution is 5.95. The number of nitrogens with one attached hydrogen (secondary N) is 1. The van der Waals surface area contributed by atoms with E-state index in [4.69, 9.17) is 9.47 Å². The fourth-order valence-corrected chi connectivity index (χ4v) is 7.84. The molecule has 3 aromatic heterocycles. The Hall–Kier alpha value is -4.69. The minimum absolute atomic E-state index is 0.0437. The molecule has 256 valence electrons. The Balaban J connectivity index is 1.07. The summed E-state index contributed by atoms with van der Waals surface area (Å²) in [5.74, 6) is 0. The van der Waals surface area contributed by atoms with Crippen LogP contribution in [0.2, 0.25) is 0 Å². The summed E-state index contributed by atoms with van der Waals surface area (Å²) >= 11 is 0. The number of carbonyl (C=O) groups is 1. The number of non-ortho nitro benzene ring substituents is 1. The normalized spacial score (nSPS) is 23.4. The van der Waals surface area contributed by atoms with E-state index in [-0.39, 0.29) is 17.3 Å². The lowest BCUT2D eigenvalue weighted by atomic mass is 9.42. The van der Waals surface area contributed by atoms with Gasteiger partial charge in [-0.05, 0) is 82.4 Å². The van der Waals surface area contributed by atoms with Crippen molar-refractivity contribution in [2.75, 3.05) is 13.2 Å². The lowest BCUT2D eigenvalue weighted by Gasteiger charge is -2.66. The number of nitro groups is 1. The molecule has 3 aliphatic carbocycles. The number of nitro benzene ring substituents is 1. The Morgan fingerprint density at radius 1 is 1.16 bits per heavy atom. The van der Waals surface area contributed by atoms with Gasteiger partial charge in [-0.2, -0.15) is 5.10 Å². The molecule has 3 saturated carbocycles. The second-order valence-electron chi connectivity index (χ2n) is 15.0. The third kappa shape index (κ3) is 5.86. The van der Waals surface area contributed by atoms with Crippen molar-refractivity contribution in [2.45, 2.75) is 89.9 Å². The first-order valence-electron chi connectivity index (χ1n) is 16.8. The van der Waals surface area contributed by atoms with Crippen LogP contribution in [0.15, 0.2) is 48.8 Å². The van der Waals surface area contributed by atoms with Crippen molar-refractivity contribution >= 4 is 33.6 Å². The second kappa shape index (κ2) is 11.4. The first-order chi connectivity index (χ1) is 23.4. The molecule has 5 aromatic rings. The predicted octanol–water partition coefficient (Wildman–Crippen LogP) is 6.67. The molecule has 1 N–H and O–H groups in total. The molecule has 4 fully saturated rings. The number of rotatable bonds is 9. The summed E-state index contributed by atoms with van der Waals surface area (Å²) in [5.41, 5.74) is 2.33. The van der Waals surface area contributed by atoms with Gasteiger partial charge in [-0.1, -0.05) is 17.3 Å². The third-order valence-electron chi connectivity index (χ3n) is 9.90. The summed E-state index contributed by atoms with van der Waals surface area (Å²) in [6.07, 6.45) is 7.30. The molecule has 9 rings (SSSR count). The van der Waals surface area contributed by atoms with Crippen molar-refractivity contribution in [3.63, 3.8) is 0 Å². The molecular weight excluding hydrogens is 631 g/mol. The third-order valence-corrected chi connectivity index (χ3v) is 9.90. The molecule has 1 aliphatic heterocycles. The Labute approximate surface area is 281 Å². The maximum Gasteiger partial charge on any atom is 0.419 e.